The minimum absolute atomic E-state index is 0.435. The molecule has 0 aromatic carbocycles. The lowest BCUT2D eigenvalue weighted by atomic mass is 9.83. The molecule has 1 aliphatic carbocycles. The van der Waals surface area contributed by atoms with Crippen LogP contribution < -0.4 is 0 Å². The second kappa shape index (κ2) is 3.00. The second-order valence-electron chi connectivity index (χ2n) is 4.55. The number of ether oxygens (including phenoxy) is 1. The molecule has 1 saturated heterocycles. The van der Waals surface area contributed by atoms with Crippen LogP contribution in [0.25, 0.3) is 0 Å². The van der Waals surface area contributed by atoms with Crippen molar-refractivity contribution in [2.75, 3.05) is 6.61 Å². The lowest BCUT2D eigenvalue weighted by Gasteiger charge is -2.23. The van der Waals surface area contributed by atoms with E-state index in [4.69, 9.17) is 4.74 Å². The van der Waals surface area contributed by atoms with E-state index in [2.05, 4.69) is 13.8 Å². The van der Waals surface area contributed by atoms with Crippen LogP contribution in [0, 0.1) is 23.7 Å². The first-order chi connectivity index (χ1) is 5.70. The van der Waals surface area contributed by atoms with Gasteiger partial charge in [0.25, 0.3) is 0 Å². The predicted molar refractivity (Wildman–Crippen MR) is 46.5 cm³/mol. The van der Waals surface area contributed by atoms with E-state index >= 15 is 0 Å². The molecule has 4 unspecified atom stereocenters. The van der Waals surface area contributed by atoms with Crippen LogP contribution in [0.15, 0.2) is 0 Å². The zero-order valence-corrected chi connectivity index (χ0v) is 7.86. The number of hydrogen-bond acceptors (Lipinski definition) is 2. The number of aliphatic hydroxyl groups excluding tert-OH is 1. The van der Waals surface area contributed by atoms with Crippen molar-refractivity contribution in [2.24, 2.45) is 23.7 Å². The maximum Gasteiger partial charge on any atom is 0.157 e. The molecule has 0 spiro atoms. The van der Waals surface area contributed by atoms with Gasteiger partial charge in [-0.15, -0.1) is 0 Å². The summed E-state index contributed by atoms with van der Waals surface area (Å²) in [7, 11) is 0. The van der Waals surface area contributed by atoms with Crippen molar-refractivity contribution in [1.82, 2.24) is 0 Å². The fraction of sp³-hybridized carbons (Fsp3) is 1.00. The zero-order chi connectivity index (χ0) is 8.72. The van der Waals surface area contributed by atoms with Gasteiger partial charge in [-0.25, -0.2) is 0 Å². The molecule has 1 aliphatic heterocycles. The van der Waals surface area contributed by atoms with Gasteiger partial charge in [-0.2, -0.15) is 0 Å². The normalized spacial score (nSPS) is 47.0. The molecule has 1 N–H and O–H groups in total. The van der Waals surface area contributed by atoms with Crippen molar-refractivity contribution in [1.29, 1.82) is 0 Å². The van der Waals surface area contributed by atoms with Gasteiger partial charge in [-0.3, -0.25) is 0 Å². The Morgan fingerprint density at radius 2 is 2.08 bits per heavy atom. The van der Waals surface area contributed by atoms with Gasteiger partial charge < -0.3 is 9.84 Å². The summed E-state index contributed by atoms with van der Waals surface area (Å²) in [5.41, 5.74) is 0. The monoisotopic (exact) mass is 170 g/mol. The first-order valence-corrected chi connectivity index (χ1v) is 5.00. The first kappa shape index (κ1) is 8.52. The standard InChI is InChI=1S/C10H18O2/c1-6(2)8-4-3-7-5-12-10(11)9(7)8/h6-11H,3-5H2,1-2H3. The van der Waals surface area contributed by atoms with Gasteiger partial charge in [0.1, 0.15) is 0 Å². The van der Waals surface area contributed by atoms with Gasteiger partial charge in [-0.1, -0.05) is 13.8 Å². The van der Waals surface area contributed by atoms with E-state index in [1.165, 1.54) is 12.8 Å². The van der Waals surface area contributed by atoms with E-state index in [-0.39, 0.29) is 0 Å². The molecule has 2 fully saturated rings. The van der Waals surface area contributed by atoms with Crippen molar-refractivity contribution in [3.05, 3.63) is 0 Å². The van der Waals surface area contributed by atoms with Crippen molar-refractivity contribution in [2.45, 2.75) is 33.0 Å². The number of fused-ring (bicyclic) bond motifs is 1. The zero-order valence-electron chi connectivity index (χ0n) is 7.86. The summed E-state index contributed by atoms with van der Waals surface area (Å²) < 4.78 is 5.26. The predicted octanol–water partition coefficient (Wildman–Crippen LogP) is 1.63. The van der Waals surface area contributed by atoms with E-state index in [0.717, 1.165) is 6.61 Å². The Bertz CT molecular complexity index is 167. The summed E-state index contributed by atoms with van der Waals surface area (Å²) in [4.78, 5) is 0. The topological polar surface area (TPSA) is 29.5 Å². The quantitative estimate of drug-likeness (QED) is 0.648. The summed E-state index contributed by atoms with van der Waals surface area (Å²) in [5.74, 6) is 2.46. The Morgan fingerprint density at radius 1 is 1.33 bits per heavy atom. The molecule has 0 aromatic rings. The SMILES string of the molecule is CC(C)C1CCC2COC(O)C21. The van der Waals surface area contributed by atoms with Gasteiger partial charge in [0.2, 0.25) is 0 Å². The van der Waals surface area contributed by atoms with Crippen LogP contribution in [-0.4, -0.2) is 18.0 Å². The molecule has 0 bridgehead atoms. The fourth-order valence-corrected chi connectivity index (χ4v) is 2.89. The third-order valence-corrected chi connectivity index (χ3v) is 3.58. The van der Waals surface area contributed by atoms with Gasteiger partial charge in [0, 0.05) is 5.92 Å². The highest BCUT2D eigenvalue weighted by molar-refractivity contribution is 4.91. The molecule has 2 heteroatoms. The number of rotatable bonds is 1. The van der Waals surface area contributed by atoms with Crippen molar-refractivity contribution in [3.8, 4) is 0 Å². The highest BCUT2D eigenvalue weighted by Gasteiger charge is 2.46. The summed E-state index contributed by atoms with van der Waals surface area (Å²) in [6, 6.07) is 0. The summed E-state index contributed by atoms with van der Waals surface area (Å²) in [5, 5.41) is 9.60. The van der Waals surface area contributed by atoms with Crippen molar-refractivity contribution in [3.63, 3.8) is 0 Å². The Labute approximate surface area is 73.9 Å². The molecule has 1 heterocycles. The Balaban J connectivity index is 2.09. The van der Waals surface area contributed by atoms with Gasteiger partial charge in [0.05, 0.1) is 6.61 Å². The molecule has 0 amide bonds. The summed E-state index contributed by atoms with van der Waals surface area (Å²) >= 11 is 0. The number of hydrogen-bond donors (Lipinski definition) is 1. The van der Waals surface area contributed by atoms with E-state index in [1.54, 1.807) is 0 Å². The van der Waals surface area contributed by atoms with Crippen LogP contribution in [0.4, 0.5) is 0 Å². The smallest absolute Gasteiger partial charge is 0.157 e. The number of aliphatic hydroxyl groups is 1. The minimum Gasteiger partial charge on any atom is -0.368 e. The van der Waals surface area contributed by atoms with Crippen molar-refractivity contribution >= 4 is 0 Å². The average molecular weight is 170 g/mol. The second-order valence-corrected chi connectivity index (χ2v) is 4.55. The molecule has 1 saturated carbocycles. The van der Waals surface area contributed by atoms with E-state index < -0.39 is 6.29 Å². The van der Waals surface area contributed by atoms with Crippen LogP contribution >= 0.6 is 0 Å². The third-order valence-electron chi connectivity index (χ3n) is 3.58. The van der Waals surface area contributed by atoms with Crippen LogP contribution in [0.2, 0.25) is 0 Å². The minimum atomic E-state index is -0.468. The summed E-state index contributed by atoms with van der Waals surface area (Å²) in [6.45, 7) is 5.28. The van der Waals surface area contributed by atoms with E-state index in [9.17, 15) is 5.11 Å². The molecule has 12 heavy (non-hydrogen) atoms. The summed E-state index contributed by atoms with van der Waals surface area (Å²) in [6.07, 6.45) is 2.07. The Hall–Kier alpha value is -0.0800. The van der Waals surface area contributed by atoms with Crippen LogP contribution in [0.3, 0.4) is 0 Å². The molecule has 2 nitrogen and oxygen atoms in total. The Morgan fingerprint density at radius 3 is 2.75 bits per heavy atom. The van der Waals surface area contributed by atoms with E-state index in [0.29, 0.717) is 23.7 Å². The molecule has 4 atom stereocenters. The maximum atomic E-state index is 9.60. The Kier molecular flexibility index (Phi) is 2.13. The van der Waals surface area contributed by atoms with Crippen LogP contribution in [-0.2, 0) is 4.74 Å². The highest BCUT2D eigenvalue weighted by Crippen LogP contribution is 2.46. The van der Waals surface area contributed by atoms with Gasteiger partial charge >= 0.3 is 0 Å². The molecule has 0 aromatic heterocycles. The lowest BCUT2D eigenvalue weighted by Crippen LogP contribution is -2.25. The average Bonchev–Trinajstić information content (AvgIpc) is 2.53. The third kappa shape index (κ3) is 1.17. The highest BCUT2D eigenvalue weighted by atomic mass is 16.6. The molecule has 2 rings (SSSR count). The first-order valence-electron chi connectivity index (χ1n) is 5.00. The fourth-order valence-electron chi connectivity index (χ4n) is 2.89. The largest absolute Gasteiger partial charge is 0.368 e. The van der Waals surface area contributed by atoms with Crippen LogP contribution in [0.1, 0.15) is 26.7 Å². The molecule has 2 aliphatic rings. The van der Waals surface area contributed by atoms with Crippen LogP contribution in [0.5, 0.6) is 0 Å². The van der Waals surface area contributed by atoms with Gasteiger partial charge in [-0.05, 0) is 30.6 Å². The maximum absolute atomic E-state index is 9.60. The lowest BCUT2D eigenvalue weighted by molar-refractivity contribution is -0.0957. The molecular weight excluding hydrogens is 152 g/mol. The van der Waals surface area contributed by atoms with Gasteiger partial charge in [0.15, 0.2) is 6.29 Å². The van der Waals surface area contributed by atoms with Crippen molar-refractivity contribution < 1.29 is 9.84 Å². The van der Waals surface area contributed by atoms with E-state index in [1.807, 2.05) is 0 Å². The molecule has 70 valence electrons. The molecular formula is C10H18O2. The molecule has 0 radical (unpaired) electrons.